The molecule has 128 valence electrons. The second-order valence-corrected chi connectivity index (χ2v) is 6.51. The number of carbonyl (C=O) groups is 1. The Hall–Kier alpha value is -2.03. The second kappa shape index (κ2) is 6.12. The van der Waals surface area contributed by atoms with E-state index in [1.54, 1.807) is 0 Å². The molecule has 2 N–H and O–H groups in total. The van der Waals surface area contributed by atoms with Crippen molar-refractivity contribution >= 4 is 27.8 Å². The summed E-state index contributed by atoms with van der Waals surface area (Å²) in [6.07, 6.45) is -2.17. The van der Waals surface area contributed by atoms with Crippen molar-refractivity contribution in [1.29, 1.82) is 0 Å². The van der Waals surface area contributed by atoms with Crippen LogP contribution in [0, 0.1) is 0 Å². The molecule has 2 amide bonds. The van der Waals surface area contributed by atoms with Crippen LogP contribution in [0.2, 0.25) is 0 Å². The third kappa shape index (κ3) is 3.40. The summed E-state index contributed by atoms with van der Waals surface area (Å²) in [7, 11) is 0. The number of hydrogen-bond acceptors (Lipinski definition) is 3. The maximum atomic E-state index is 12.5. The van der Waals surface area contributed by atoms with E-state index in [9.17, 15) is 18.0 Å². The fourth-order valence-electron chi connectivity index (χ4n) is 2.63. The number of hydrogen-bond donors (Lipinski definition) is 2. The van der Waals surface area contributed by atoms with E-state index in [0.29, 0.717) is 6.07 Å². The Morgan fingerprint density at radius 1 is 1.29 bits per heavy atom. The summed E-state index contributed by atoms with van der Waals surface area (Å²) in [6, 6.07) is 7.57. The number of urea groups is 1. The molecule has 1 heterocycles. The van der Waals surface area contributed by atoms with Gasteiger partial charge in [-0.15, -0.1) is 0 Å². The summed E-state index contributed by atoms with van der Waals surface area (Å²) < 4.78 is 42.8. The molecule has 0 spiro atoms. The first-order valence-corrected chi connectivity index (χ1v) is 7.97. The number of benzene rings is 1. The summed E-state index contributed by atoms with van der Waals surface area (Å²) in [5.74, 6) is -0.358. The minimum atomic E-state index is -4.62. The van der Waals surface area contributed by atoms with Gasteiger partial charge in [-0.2, -0.15) is 13.2 Å². The highest BCUT2D eigenvalue weighted by atomic mass is 79.9. The van der Waals surface area contributed by atoms with Crippen molar-refractivity contribution in [2.45, 2.75) is 31.0 Å². The molecule has 1 aliphatic carbocycles. The van der Waals surface area contributed by atoms with Crippen LogP contribution in [0.25, 0.3) is 0 Å². The van der Waals surface area contributed by atoms with Gasteiger partial charge in [0.15, 0.2) is 5.69 Å². The van der Waals surface area contributed by atoms with Crippen LogP contribution in [0.4, 0.5) is 23.8 Å². The highest BCUT2D eigenvalue weighted by molar-refractivity contribution is 9.10. The monoisotopic (exact) mass is 403 g/mol. The topological polar surface area (TPSA) is 67.2 Å². The van der Waals surface area contributed by atoms with Crippen LogP contribution in [-0.2, 0) is 11.7 Å². The van der Waals surface area contributed by atoms with Gasteiger partial charge < -0.3 is 9.84 Å². The third-order valence-electron chi connectivity index (χ3n) is 3.97. The predicted molar refractivity (Wildman–Crippen MR) is 83.3 cm³/mol. The molecule has 0 saturated heterocycles. The molecule has 0 radical (unpaired) electrons. The molecule has 0 atom stereocenters. The fourth-order valence-corrected chi connectivity index (χ4v) is 3.03. The molecular formula is C15H13BrF3N3O2. The Morgan fingerprint density at radius 3 is 2.58 bits per heavy atom. The molecule has 3 rings (SSSR count). The van der Waals surface area contributed by atoms with Crippen molar-refractivity contribution in [2.24, 2.45) is 0 Å². The Balaban J connectivity index is 1.70. The van der Waals surface area contributed by atoms with E-state index in [-0.39, 0.29) is 5.88 Å². The number of anilines is 1. The third-order valence-corrected chi connectivity index (χ3v) is 4.47. The molecule has 5 nitrogen and oxygen atoms in total. The van der Waals surface area contributed by atoms with E-state index in [1.807, 2.05) is 24.3 Å². The summed E-state index contributed by atoms with van der Waals surface area (Å²) in [4.78, 5) is 12.1. The Labute approximate surface area is 143 Å². The number of rotatable bonds is 3. The van der Waals surface area contributed by atoms with Crippen molar-refractivity contribution in [1.82, 2.24) is 10.5 Å². The van der Waals surface area contributed by atoms with Crippen LogP contribution < -0.4 is 10.6 Å². The summed E-state index contributed by atoms with van der Waals surface area (Å²) in [5.41, 5.74) is -0.782. The highest BCUT2D eigenvalue weighted by Gasteiger charge is 2.40. The first kappa shape index (κ1) is 16.8. The zero-order chi connectivity index (χ0) is 17.4. The van der Waals surface area contributed by atoms with Gasteiger partial charge in [0.05, 0.1) is 5.54 Å². The highest BCUT2D eigenvalue weighted by Crippen LogP contribution is 2.42. The lowest BCUT2D eigenvalue weighted by Gasteiger charge is -2.43. The lowest BCUT2D eigenvalue weighted by Crippen LogP contribution is -2.52. The van der Waals surface area contributed by atoms with Gasteiger partial charge in [0, 0.05) is 10.5 Å². The first-order chi connectivity index (χ1) is 11.3. The van der Waals surface area contributed by atoms with E-state index in [4.69, 9.17) is 0 Å². The summed E-state index contributed by atoms with van der Waals surface area (Å²) in [5, 5.41) is 7.97. The molecule has 9 heteroatoms. The largest absolute Gasteiger partial charge is 0.436 e. The molecule has 1 saturated carbocycles. The fraction of sp³-hybridized carbons (Fsp3) is 0.333. The molecule has 1 fully saturated rings. The zero-order valence-electron chi connectivity index (χ0n) is 12.3. The normalized spacial score (nSPS) is 16.3. The molecule has 1 aliphatic rings. The van der Waals surface area contributed by atoms with Crippen LogP contribution in [0.3, 0.4) is 0 Å². The van der Waals surface area contributed by atoms with Gasteiger partial charge in [0.1, 0.15) is 0 Å². The van der Waals surface area contributed by atoms with Gasteiger partial charge in [-0.05, 0) is 37.0 Å². The number of halogens is 4. The average Bonchev–Trinajstić information content (AvgIpc) is 2.91. The van der Waals surface area contributed by atoms with Gasteiger partial charge in [-0.3, -0.25) is 5.32 Å². The lowest BCUT2D eigenvalue weighted by atomic mass is 9.72. The van der Waals surface area contributed by atoms with Crippen molar-refractivity contribution < 1.29 is 22.5 Å². The maximum absolute atomic E-state index is 12.5. The molecule has 1 aromatic heterocycles. The number of alkyl halides is 3. The van der Waals surface area contributed by atoms with Gasteiger partial charge in [-0.1, -0.05) is 33.2 Å². The van der Waals surface area contributed by atoms with Crippen molar-refractivity contribution in [3.63, 3.8) is 0 Å². The van der Waals surface area contributed by atoms with Gasteiger partial charge in [0.2, 0.25) is 5.88 Å². The quantitative estimate of drug-likeness (QED) is 0.783. The van der Waals surface area contributed by atoms with Gasteiger partial charge in [0.25, 0.3) is 0 Å². The van der Waals surface area contributed by atoms with E-state index >= 15 is 0 Å². The van der Waals surface area contributed by atoms with Crippen molar-refractivity contribution in [3.05, 3.63) is 46.1 Å². The van der Waals surface area contributed by atoms with Crippen molar-refractivity contribution in [2.75, 3.05) is 5.32 Å². The van der Waals surface area contributed by atoms with Crippen LogP contribution in [0.5, 0.6) is 0 Å². The molecule has 0 aliphatic heterocycles. The number of amides is 2. The maximum Gasteiger partial charge on any atom is 0.436 e. The Morgan fingerprint density at radius 2 is 2.04 bits per heavy atom. The van der Waals surface area contributed by atoms with E-state index in [2.05, 4.69) is 36.2 Å². The standard InChI is InChI=1S/C15H13BrF3N3O2/c16-10-4-1-3-9(7-10)14(5-2-6-14)21-13(23)20-12-8-11(22-24-12)15(17,18)19/h1,3-4,7-8H,2,5-6H2,(H2,20,21,23). The number of aromatic nitrogens is 1. The average molecular weight is 404 g/mol. The molecule has 1 aromatic carbocycles. The van der Waals surface area contributed by atoms with Crippen molar-refractivity contribution in [3.8, 4) is 0 Å². The zero-order valence-corrected chi connectivity index (χ0v) is 13.9. The second-order valence-electron chi connectivity index (χ2n) is 5.60. The molecule has 0 unspecified atom stereocenters. The minimum Gasteiger partial charge on any atom is -0.338 e. The molecule has 0 bridgehead atoms. The lowest BCUT2D eigenvalue weighted by molar-refractivity contribution is -0.142. The summed E-state index contributed by atoms with van der Waals surface area (Å²) in [6.45, 7) is 0. The van der Waals surface area contributed by atoms with Crippen LogP contribution in [0.1, 0.15) is 30.5 Å². The smallest absolute Gasteiger partial charge is 0.338 e. The Kier molecular flexibility index (Phi) is 4.29. The first-order valence-electron chi connectivity index (χ1n) is 7.18. The number of nitrogens with one attached hydrogen (secondary N) is 2. The summed E-state index contributed by atoms with van der Waals surface area (Å²) >= 11 is 3.39. The van der Waals surface area contributed by atoms with E-state index < -0.39 is 23.4 Å². The minimum absolute atomic E-state index is 0.358. The number of nitrogens with zero attached hydrogens (tertiary/aromatic N) is 1. The molecular weight excluding hydrogens is 391 g/mol. The van der Waals surface area contributed by atoms with Crippen LogP contribution in [-0.4, -0.2) is 11.2 Å². The van der Waals surface area contributed by atoms with E-state index in [1.165, 1.54) is 0 Å². The van der Waals surface area contributed by atoms with E-state index in [0.717, 1.165) is 29.3 Å². The van der Waals surface area contributed by atoms with Crippen LogP contribution in [0.15, 0.2) is 39.3 Å². The molecule has 24 heavy (non-hydrogen) atoms. The number of carbonyl (C=O) groups excluding carboxylic acids is 1. The van der Waals surface area contributed by atoms with Gasteiger partial charge in [-0.25, -0.2) is 4.79 Å². The SMILES string of the molecule is O=C(Nc1cc(C(F)(F)F)no1)NC1(c2cccc(Br)c2)CCC1. The molecule has 2 aromatic rings. The Bertz CT molecular complexity index is 756. The van der Waals surface area contributed by atoms with Crippen LogP contribution >= 0.6 is 15.9 Å². The predicted octanol–water partition coefficient (Wildman–Crippen LogP) is 4.66. The van der Waals surface area contributed by atoms with Gasteiger partial charge >= 0.3 is 12.2 Å².